The average molecular weight is 318 g/mol. The Morgan fingerprint density at radius 3 is 2.48 bits per heavy atom. The molecule has 106 valence electrons. The Labute approximate surface area is 132 Å². The van der Waals surface area contributed by atoms with E-state index in [4.69, 9.17) is 29.0 Å². The van der Waals surface area contributed by atoms with E-state index in [0.29, 0.717) is 10.0 Å². The molecule has 3 nitrogen and oxygen atoms in total. The molecule has 0 bridgehead atoms. The van der Waals surface area contributed by atoms with Crippen LogP contribution >= 0.6 is 23.2 Å². The van der Waals surface area contributed by atoms with Gasteiger partial charge in [-0.1, -0.05) is 41.4 Å². The molecule has 0 saturated heterocycles. The summed E-state index contributed by atoms with van der Waals surface area (Å²) in [5.74, 6) is 5.73. The van der Waals surface area contributed by atoms with Gasteiger partial charge in [0, 0.05) is 11.6 Å². The first-order valence-corrected chi connectivity index (χ1v) is 7.20. The number of nitrogens with two attached hydrogens (primary N) is 1. The number of benzene rings is 2. The van der Waals surface area contributed by atoms with Gasteiger partial charge >= 0.3 is 0 Å². The van der Waals surface area contributed by atoms with Crippen molar-refractivity contribution in [2.24, 2.45) is 5.84 Å². The standard InChI is InChI=1S/C16H13Cl2N3/c17-13-5-3-12(9-14(13)18)16(21-19)11-4-6-15-10(8-11)2-1-7-20-15/h1-9,16,21H,19H2. The van der Waals surface area contributed by atoms with Crippen LogP contribution in [0.15, 0.2) is 54.7 Å². The largest absolute Gasteiger partial charge is 0.271 e. The minimum atomic E-state index is -0.163. The summed E-state index contributed by atoms with van der Waals surface area (Å²) < 4.78 is 0. The van der Waals surface area contributed by atoms with E-state index in [2.05, 4.69) is 16.5 Å². The van der Waals surface area contributed by atoms with Crippen molar-refractivity contribution in [3.05, 3.63) is 75.9 Å². The molecular formula is C16H13Cl2N3. The summed E-state index contributed by atoms with van der Waals surface area (Å²) in [5, 5.41) is 2.10. The fourth-order valence-electron chi connectivity index (χ4n) is 2.35. The molecule has 0 radical (unpaired) electrons. The Bertz CT molecular complexity index is 789. The van der Waals surface area contributed by atoms with Gasteiger partial charge in [-0.2, -0.15) is 0 Å². The summed E-state index contributed by atoms with van der Waals surface area (Å²) in [6.45, 7) is 0. The second-order valence-corrected chi connectivity index (χ2v) is 5.54. The summed E-state index contributed by atoms with van der Waals surface area (Å²) in [6, 6.07) is 15.3. The van der Waals surface area contributed by atoms with Crippen LogP contribution in [0.3, 0.4) is 0 Å². The highest BCUT2D eigenvalue weighted by Gasteiger charge is 2.14. The first-order chi connectivity index (χ1) is 10.2. The van der Waals surface area contributed by atoms with Crippen LogP contribution in [0.2, 0.25) is 10.0 Å². The molecule has 0 spiro atoms. The van der Waals surface area contributed by atoms with E-state index in [-0.39, 0.29) is 6.04 Å². The molecule has 1 unspecified atom stereocenters. The van der Waals surface area contributed by atoms with Gasteiger partial charge in [0.05, 0.1) is 21.6 Å². The lowest BCUT2D eigenvalue weighted by Gasteiger charge is -2.18. The van der Waals surface area contributed by atoms with Gasteiger partial charge in [-0.25, -0.2) is 5.43 Å². The normalized spacial score (nSPS) is 12.5. The number of hydrogen-bond acceptors (Lipinski definition) is 3. The third-order valence-corrected chi connectivity index (χ3v) is 4.14. The van der Waals surface area contributed by atoms with Crippen LogP contribution in [-0.2, 0) is 0 Å². The third-order valence-electron chi connectivity index (χ3n) is 3.40. The molecule has 1 atom stereocenters. The molecule has 3 rings (SSSR count). The maximum absolute atomic E-state index is 6.09. The highest BCUT2D eigenvalue weighted by molar-refractivity contribution is 6.42. The number of nitrogens with one attached hydrogen (secondary N) is 1. The smallest absolute Gasteiger partial charge is 0.0710 e. The Balaban J connectivity index is 2.06. The van der Waals surface area contributed by atoms with Crippen LogP contribution in [0.4, 0.5) is 0 Å². The number of hydrogen-bond donors (Lipinski definition) is 2. The predicted octanol–water partition coefficient (Wildman–Crippen LogP) is 4.09. The van der Waals surface area contributed by atoms with E-state index < -0.39 is 0 Å². The van der Waals surface area contributed by atoms with Gasteiger partial charge in [-0.15, -0.1) is 0 Å². The summed E-state index contributed by atoms with van der Waals surface area (Å²) >= 11 is 12.0. The summed E-state index contributed by atoms with van der Waals surface area (Å²) in [4.78, 5) is 4.32. The molecule has 3 N–H and O–H groups in total. The number of halogens is 2. The molecule has 21 heavy (non-hydrogen) atoms. The zero-order valence-electron chi connectivity index (χ0n) is 11.1. The summed E-state index contributed by atoms with van der Waals surface area (Å²) in [7, 11) is 0. The Morgan fingerprint density at radius 1 is 0.952 bits per heavy atom. The van der Waals surface area contributed by atoms with Crippen molar-refractivity contribution in [2.75, 3.05) is 0 Å². The molecule has 0 aliphatic rings. The van der Waals surface area contributed by atoms with Crippen LogP contribution in [0.25, 0.3) is 10.9 Å². The Hall–Kier alpha value is -1.65. The molecule has 1 aromatic heterocycles. The second kappa shape index (κ2) is 6.00. The van der Waals surface area contributed by atoms with E-state index in [1.165, 1.54) is 0 Å². The minimum absolute atomic E-state index is 0.163. The number of aromatic nitrogens is 1. The van der Waals surface area contributed by atoms with Gasteiger partial charge in [0.1, 0.15) is 0 Å². The van der Waals surface area contributed by atoms with E-state index in [1.54, 1.807) is 12.3 Å². The monoisotopic (exact) mass is 317 g/mol. The first-order valence-electron chi connectivity index (χ1n) is 6.45. The van der Waals surface area contributed by atoms with Crippen molar-refractivity contribution in [1.82, 2.24) is 10.4 Å². The zero-order chi connectivity index (χ0) is 14.8. The maximum atomic E-state index is 6.09. The lowest BCUT2D eigenvalue weighted by molar-refractivity contribution is 0.637. The quantitative estimate of drug-likeness (QED) is 0.565. The molecule has 3 aromatic rings. The van der Waals surface area contributed by atoms with Crippen LogP contribution in [0.5, 0.6) is 0 Å². The number of pyridine rings is 1. The van der Waals surface area contributed by atoms with E-state index in [9.17, 15) is 0 Å². The van der Waals surface area contributed by atoms with Gasteiger partial charge in [0.25, 0.3) is 0 Å². The fraction of sp³-hybridized carbons (Fsp3) is 0.0625. The molecule has 2 aromatic carbocycles. The van der Waals surface area contributed by atoms with Crippen LogP contribution in [0.1, 0.15) is 17.2 Å². The van der Waals surface area contributed by atoms with Gasteiger partial charge < -0.3 is 0 Å². The van der Waals surface area contributed by atoms with Gasteiger partial charge in [-0.05, 0) is 41.5 Å². The van der Waals surface area contributed by atoms with Gasteiger partial charge in [-0.3, -0.25) is 10.8 Å². The summed E-state index contributed by atoms with van der Waals surface area (Å²) in [6.07, 6.45) is 1.78. The number of nitrogens with zero attached hydrogens (tertiary/aromatic N) is 1. The SMILES string of the molecule is NNC(c1ccc(Cl)c(Cl)c1)c1ccc2ncccc2c1. The maximum Gasteiger partial charge on any atom is 0.0710 e. The topological polar surface area (TPSA) is 50.9 Å². The van der Waals surface area contributed by atoms with Crippen molar-refractivity contribution in [3.8, 4) is 0 Å². The average Bonchev–Trinajstić information content (AvgIpc) is 2.51. The van der Waals surface area contributed by atoms with Crippen molar-refractivity contribution < 1.29 is 0 Å². The zero-order valence-corrected chi connectivity index (χ0v) is 12.6. The molecule has 0 aliphatic carbocycles. The van der Waals surface area contributed by atoms with E-state index in [0.717, 1.165) is 22.0 Å². The molecule has 0 fully saturated rings. The minimum Gasteiger partial charge on any atom is -0.271 e. The number of fused-ring (bicyclic) bond motifs is 1. The van der Waals surface area contributed by atoms with Crippen LogP contribution in [0, 0.1) is 0 Å². The number of rotatable bonds is 3. The van der Waals surface area contributed by atoms with Crippen LogP contribution in [-0.4, -0.2) is 4.98 Å². The fourth-order valence-corrected chi connectivity index (χ4v) is 2.66. The van der Waals surface area contributed by atoms with Gasteiger partial charge in [0.15, 0.2) is 0 Å². The Morgan fingerprint density at radius 2 is 1.71 bits per heavy atom. The molecule has 5 heteroatoms. The first kappa shape index (κ1) is 14.3. The van der Waals surface area contributed by atoms with Crippen molar-refractivity contribution in [3.63, 3.8) is 0 Å². The second-order valence-electron chi connectivity index (χ2n) is 4.73. The van der Waals surface area contributed by atoms with Crippen LogP contribution < -0.4 is 11.3 Å². The lowest BCUT2D eigenvalue weighted by Crippen LogP contribution is -2.28. The third kappa shape index (κ3) is 2.87. The highest BCUT2D eigenvalue weighted by atomic mass is 35.5. The molecule has 0 aliphatic heterocycles. The van der Waals surface area contributed by atoms with Crippen molar-refractivity contribution in [1.29, 1.82) is 0 Å². The van der Waals surface area contributed by atoms with E-state index in [1.807, 2.05) is 36.4 Å². The number of hydrazine groups is 1. The summed E-state index contributed by atoms with van der Waals surface area (Å²) in [5.41, 5.74) is 5.77. The molecule has 0 saturated carbocycles. The van der Waals surface area contributed by atoms with Crippen molar-refractivity contribution in [2.45, 2.75) is 6.04 Å². The Kier molecular flexibility index (Phi) is 4.08. The lowest BCUT2D eigenvalue weighted by atomic mass is 9.98. The molecular weight excluding hydrogens is 305 g/mol. The van der Waals surface area contributed by atoms with Crippen molar-refractivity contribution >= 4 is 34.1 Å². The highest BCUT2D eigenvalue weighted by Crippen LogP contribution is 2.29. The van der Waals surface area contributed by atoms with E-state index >= 15 is 0 Å². The molecule has 0 amide bonds. The predicted molar refractivity (Wildman–Crippen MR) is 87.4 cm³/mol. The molecule has 1 heterocycles. The van der Waals surface area contributed by atoms with Gasteiger partial charge in [0.2, 0.25) is 0 Å².